The van der Waals surface area contributed by atoms with Crippen molar-refractivity contribution in [3.63, 3.8) is 0 Å². The fourth-order valence-corrected chi connectivity index (χ4v) is 11.7. The monoisotopic (exact) mass is 1060 g/mol. The van der Waals surface area contributed by atoms with Crippen molar-refractivity contribution in [2.45, 2.75) is 63.5 Å². The molecular weight excluding hydrogens is 1000 g/mol. The predicted molar refractivity (Wildman–Crippen MR) is 268 cm³/mol. The van der Waals surface area contributed by atoms with E-state index in [-0.39, 0.29) is 49.3 Å². The van der Waals surface area contributed by atoms with Gasteiger partial charge in [0.1, 0.15) is 29.9 Å². The summed E-state index contributed by atoms with van der Waals surface area (Å²) >= 11 is 8.67. The molecule has 0 radical (unpaired) electrons. The van der Waals surface area contributed by atoms with E-state index in [2.05, 4.69) is 19.8 Å². The van der Waals surface area contributed by atoms with Crippen molar-refractivity contribution in [3.05, 3.63) is 113 Å². The summed E-state index contributed by atoms with van der Waals surface area (Å²) in [5.41, 5.74) is 7.68. The number of aromatic nitrogens is 2. The van der Waals surface area contributed by atoms with Gasteiger partial charge >= 0.3 is 11.9 Å². The molecule has 6 aliphatic heterocycles. The molecular formula is C52H53ClN4O14S2. The van der Waals surface area contributed by atoms with E-state index < -0.39 is 24.1 Å². The first-order valence-corrected chi connectivity index (χ1v) is 25.6. The van der Waals surface area contributed by atoms with Crippen LogP contribution in [0.15, 0.2) is 47.2 Å². The molecule has 2 aromatic heterocycles. The van der Waals surface area contributed by atoms with Crippen molar-refractivity contribution >= 4 is 46.2 Å². The van der Waals surface area contributed by atoms with Gasteiger partial charge in [-0.3, -0.25) is 9.80 Å². The number of carbonyl (C=O) groups is 2. The van der Waals surface area contributed by atoms with Crippen LogP contribution in [0.1, 0.15) is 99.8 Å². The smallest absolute Gasteiger partial charge is 0.343 e. The number of fused-ring (bicyclic) bond motifs is 6. The molecule has 0 unspecified atom stereocenters. The third-order valence-electron chi connectivity index (χ3n) is 13.6. The number of ether oxygens (including phenoxy) is 11. The van der Waals surface area contributed by atoms with E-state index in [4.69, 9.17) is 63.7 Å². The molecule has 21 heteroatoms. The number of rotatable bonds is 10. The number of methoxy groups -OCH3 is 4. The second-order valence-electron chi connectivity index (χ2n) is 17.7. The average Bonchev–Trinajstić information content (AvgIpc) is 4.28. The minimum absolute atomic E-state index is 0.143. The number of phenolic OH excluding ortho intramolecular Hbond substituents is 1. The standard InChI is InChI=1S/C26H26N2O7S.C21H21NO7.C5H6ClNS/c1-13-27-15(11-36-13)10-32-23-17(30-3)6-5-16-20(23)26(29)35-22(16)21-19-14(7-8-28(21)2)9-18-24(25(19)31-4)34-12-33-18;1-22-7-6-10-8-13-19(28-9-27-13)20(26-3)14(10)16(22)18-11-4-5-12(25-2)17(23)15(11)21(24)29-18;1-4-7-5(2-6)3-8-4/h5-6,9,11,21-22H,7-8,10,12H2,1-4H3;4-5,8,16,18,23H,6-7,9H2,1-3H3;3H,2H2,1H3/t21-,22+;16-,18+;/m11./s1. The fraction of sp³-hybridized carbons (Fsp3) is 0.385. The van der Waals surface area contributed by atoms with Crippen LogP contribution in [0.5, 0.6) is 57.5 Å². The zero-order valence-corrected chi connectivity index (χ0v) is 43.7. The topological polar surface area (TPSA) is 188 Å². The molecule has 4 atom stereocenters. The van der Waals surface area contributed by atoms with E-state index in [9.17, 15) is 14.7 Å². The summed E-state index contributed by atoms with van der Waals surface area (Å²) in [5.74, 6) is 4.08. The molecule has 8 heterocycles. The molecule has 18 nitrogen and oxygen atoms in total. The van der Waals surface area contributed by atoms with E-state index in [0.717, 1.165) is 75.2 Å². The van der Waals surface area contributed by atoms with E-state index in [1.165, 1.54) is 7.11 Å². The van der Waals surface area contributed by atoms with Gasteiger partial charge in [-0.15, -0.1) is 34.3 Å². The van der Waals surface area contributed by atoms with Crippen LogP contribution in [-0.2, 0) is 34.8 Å². The number of alkyl halides is 1. The number of carbonyl (C=O) groups excluding carboxylic acids is 2. The van der Waals surface area contributed by atoms with Gasteiger partial charge in [0.2, 0.25) is 25.1 Å². The Morgan fingerprint density at radius 2 is 1.16 bits per heavy atom. The maximum absolute atomic E-state index is 13.3. The normalized spacial score (nSPS) is 19.7. The number of esters is 2. The Kier molecular flexibility index (Phi) is 14.1. The van der Waals surface area contributed by atoms with Crippen LogP contribution in [0.2, 0.25) is 0 Å². The third kappa shape index (κ3) is 9.02. The number of aryl methyl sites for hydroxylation is 2. The van der Waals surface area contributed by atoms with E-state index in [1.807, 2.05) is 63.0 Å². The van der Waals surface area contributed by atoms with Gasteiger partial charge in [-0.05, 0) is 76.2 Å². The lowest BCUT2D eigenvalue weighted by Crippen LogP contribution is -2.36. The fourth-order valence-electron chi connectivity index (χ4n) is 10.3. The van der Waals surface area contributed by atoms with Crippen LogP contribution >= 0.6 is 34.3 Å². The van der Waals surface area contributed by atoms with Crippen LogP contribution in [0.3, 0.4) is 0 Å². The molecule has 0 saturated carbocycles. The van der Waals surface area contributed by atoms with Gasteiger partial charge in [-0.2, -0.15) is 0 Å². The number of benzene rings is 4. The number of nitrogens with zero attached hydrogens (tertiary/aromatic N) is 4. The molecule has 12 rings (SSSR count). The predicted octanol–water partition coefficient (Wildman–Crippen LogP) is 8.99. The van der Waals surface area contributed by atoms with Gasteiger partial charge < -0.3 is 57.2 Å². The van der Waals surface area contributed by atoms with Gasteiger partial charge in [-0.1, -0.05) is 12.1 Å². The number of aromatic hydroxyl groups is 1. The molecule has 0 bridgehead atoms. The average molecular weight is 1060 g/mol. The second-order valence-corrected chi connectivity index (χ2v) is 20.1. The highest BCUT2D eigenvalue weighted by Gasteiger charge is 2.48. The van der Waals surface area contributed by atoms with E-state index in [1.54, 1.807) is 56.1 Å². The molecule has 6 aromatic rings. The van der Waals surface area contributed by atoms with Gasteiger partial charge in [0.15, 0.2) is 46.0 Å². The van der Waals surface area contributed by atoms with Crippen molar-refractivity contribution in [2.75, 3.05) is 69.2 Å². The van der Waals surface area contributed by atoms with Gasteiger partial charge in [0.05, 0.1) is 67.8 Å². The summed E-state index contributed by atoms with van der Waals surface area (Å²) in [6.45, 7) is 5.98. The minimum Gasteiger partial charge on any atom is -0.504 e. The van der Waals surface area contributed by atoms with Gasteiger partial charge in [-0.25, -0.2) is 19.6 Å². The van der Waals surface area contributed by atoms with Crippen LogP contribution < -0.4 is 42.6 Å². The van der Waals surface area contributed by atoms with Gasteiger partial charge in [0, 0.05) is 46.1 Å². The summed E-state index contributed by atoms with van der Waals surface area (Å²) in [7, 11) is 10.2. The molecule has 4 aromatic carbocycles. The molecule has 1 N–H and O–H groups in total. The molecule has 6 aliphatic rings. The summed E-state index contributed by atoms with van der Waals surface area (Å²) < 4.78 is 62.8. The van der Waals surface area contributed by atoms with Crippen molar-refractivity contribution in [2.24, 2.45) is 0 Å². The zero-order chi connectivity index (χ0) is 51.2. The minimum atomic E-state index is -0.604. The largest absolute Gasteiger partial charge is 0.504 e. The molecule has 0 saturated heterocycles. The lowest BCUT2D eigenvalue weighted by Gasteiger charge is -2.38. The third-order valence-corrected chi connectivity index (χ3v) is 15.5. The number of phenols is 1. The van der Waals surface area contributed by atoms with Crippen LogP contribution in [0.25, 0.3) is 0 Å². The zero-order valence-electron chi connectivity index (χ0n) is 41.3. The number of thiazole rings is 2. The summed E-state index contributed by atoms with van der Waals surface area (Å²) in [6.07, 6.45) is 0.442. The van der Waals surface area contributed by atoms with E-state index >= 15 is 0 Å². The Labute approximate surface area is 434 Å². The Morgan fingerprint density at radius 1 is 0.671 bits per heavy atom. The number of hydrogen-bond donors (Lipinski definition) is 1. The Morgan fingerprint density at radius 3 is 1.63 bits per heavy atom. The summed E-state index contributed by atoms with van der Waals surface area (Å²) in [4.78, 5) is 38.8. The number of cyclic esters (lactones) is 2. The number of likely N-dealkylation sites (N-methyl/N-ethyl adjacent to an activating group) is 2. The maximum atomic E-state index is 13.3. The lowest BCUT2D eigenvalue weighted by molar-refractivity contribution is 0.00805. The van der Waals surface area contributed by atoms with Crippen molar-refractivity contribution in [3.8, 4) is 57.5 Å². The SMILES string of the molecule is COc1ccc2c(c1O)C(=O)O[C@@H]2[C@H]1c2c(cc3c(c2OC)OCO3)CCN1C.COc1ccc2c(c1OCc1csc(C)n1)C(=O)O[C@@H]2[C@H]1c2c(cc3c(c2OC)OCO3)CCN1C.Cc1nc(CCl)cs1. The first kappa shape index (κ1) is 49.9. The second kappa shape index (κ2) is 20.7. The Bertz CT molecular complexity index is 3110. The first-order chi connectivity index (χ1) is 35.4. The quantitative estimate of drug-likeness (QED) is 0.101. The molecule has 0 amide bonds. The highest BCUT2D eigenvalue weighted by Crippen LogP contribution is 2.57. The van der Waals surface area contributed by atoms with E-state index in [0.29, 0.717) is 63.0 Å². The Balaban J connectivity index is 0.000000148. The lowest BCUT2D eigenvalue weighted by atomic mass is 9.85. The molecule has 0 fully saturated rings. The van der Waals surface area contributed by atoms with Crippen LogP contribution in [-0.4, -0.2) is 106 Å². The van der Waals surface area contributed by atoms with Crippen molar-refractivity contribution in [1.29, 1.82) is 0 Å². The van der Waals surface area contributed by atoms with Crippen LogP contribution in [0.4, 0.5) is 0 Å². The summed E-state index contributed by atoms with van der Waals surface area (Å²) in [6, 6.07) is 10.5. The van der Waals surface area contributed by atoms with Crippen LogP contribution in [0, 0.1) is 13.8 Å². The molecule has 0 aliphatic carbocycles. The molecule has 73 heavy (non-hydrogen) atoms. The van der Waals surface area contributed by atoms with Crippen molar-refractivity contribution in [1.82, 2.24) is 19.8 Å². The number of hydrogen-bond acceptors (Lipinski definition) is 20. The first-order valence-electron chi connectivity index (χ1n) is 23.3. The number of halogens is 1. The summed E-state index contributed by atoms with van der Waals surface area (Å²) in [5, 5.41) is 16.4. The van der Waals surface area contributed by atoms with Crippen molar-refractivity contribution < 1.29 is 66.8 Å². The molecule has 384 valence electrons. The molecule has 0 spiro atoms. The highest BCUT2D eigenvalue weighted by molar-refractivity contribution is 7.09. The Hall–Kier alpha value is -6.71. The maximum Gasteiger partial charge on any atom is 0.343 e. The van der Waals surface area contributed by atoms with Gasteiger partial charge in [0.25, 0.3) is 0 Å². The highest BCUT2D eigenvalue weighted by atomic mass is 35.5.